The molecule has 3 rings (SSSR count). The number of aliphatic hydroxyl groups excluding tert-OH is 1. The van der Waals surface area contributed by atoms with Gasteiger partial charge in [0.15, 0.2) is 0 Å². The molecule has 0 unspecified atom stereocenters. The van der Waals surface area contributed by atoms with Crippen LogP contribution < -0.4 is 5.32 Å². The lowest BCUT2D eigenvalue weighted by Crippen LogP contribution is -2.34. The molecule has 2 nitrogen and oxygen atoms in total. The molecule has 0 atom stereocenters. The first-order valence-corrected chi connectivity index (χ1v) is 6.97. The summed E-state index contributed by atoms with van der Waals surface area (Å²) in [6.45, 7) is 0.0449. The molecule has 2 aromatic carbocycles. The van der Waals surface area contributed by atoms with Gasteiger partial charge in [0, 0.05) is 17.3 Å². The van der Waals surface area contributed by atoms with Gasteiger partial charge in [0.05, 0.1) is 6.61 Å². The zero-order chi connectivity index (χ0) is 13.9. The Morgan fingerprint density at radius 3 is 2.65 bits per heavy atom. The molecule has 0 radical (unpaired) electrons. The van der Waals surface area contributed by atoms with Crippen molar-refractivity contribution in [3.8, 4) is 0 Å². The van der Waals surface area contributed by atoms with Gasteiger partial charge in [-0.05, 0) is 42.5 Å². The zero-order valence-corrected chi connectivity index (χ0v) is 11.2. The van der Waals surface area contributed by atoms with Crippen molar-refractivity contribution in [1.29, 1.82) is 0 Å². The van der Waals surface area contributed by atoms with Crippen molar-refractivity contribution < 1.29 is 9.50 Å². The molecule has 0 aromatic heterocycles. The summed E-state index contributed by atoms with van der Waals surface area (Å²) in [6.07, 6.45) is 2.01. The first-order chi connectivity index (χ1) is 9.76. The quantitative estimate of drug-likeness (QED) is 0.889. The van der Waals surface area contributed by atoms with Gasteiger partial charge in [0.2, 0.25) is 0 Å². The summed E-state index contributed by atoms with van der Waals surface area (Å²) in [6, 6.07) is 15.1. The van der Waals surface area contributed by atoms with Crippen molar-refractivity contribution in [3.63, 3.8) is 0 Å². The number of anilines is 1. The molecule has 2 aromatic rings. The van der Waals surface area contributed by atoms with Crippen molar-refractivity contribution >= 4 is 5.69 Å². The monoisotopic (exact) mass is 271 g/mol. The lowest BCUT2D eigenvalue weighted by Gasteiger charge is -2.37. The highest BCUT2D eigenvalue weighted by Gasteiger charge is 2.30. The Bertz CT molecular complexity index is 593. The highest BCUT2D eigenvalue weighted by molar-refractivity contribution is 5.52. The van der Waals surface area contributed by atoms with Gasteiger partial charge in [-0.1, -0.05) is 30.3 Å². The Morgan fingerprint density at radius 1 is 1.10 bits per heavy atom. The minimum atomic E-state index is -0.162. The van der Waals surface area contributed by atoms with E-state index in [0.717, 1.165) is 29.7 Å². The molecule has 20 heavy (non-hydrogen) atoms. The van der Waals surface area contributed by atoms with E-state index in [0.29, 0.717) is 12.0 Å². The fourth-order valence-corrected chi connectivity index (χ4v) is 2.79. The summed E-state index contributed by atoms with van der Waals surface area (Å²) in [4.78, 5) is 0. The molecule has 2 N–H and O–H groups in total. The van der Waals surface area contributed by atoms with Crippen molar-refractivity contribution in [1.82, 2.24) is 0 Å². The number of hydrogen-bond acceptors (Lipinski definition) is 2. The number of halogens is 1. The standard InChI is InChI=1S/C17H18FNO/c18-15-6-3-5-12(8-15)14-9-16(10-14)19-17-7-2-1-4-13(17)11-20/h1-8,14,16,19-20H,9-11H2. The summed E-state index contributed by atoms with van der Waals surface area (Å²) in [5.41, 5.74) is 3.00. The fourth-order valence-electron chi connectivity index (χ4n) is 2.79. The molecule has 0 aliphatic heterocycles. The average Bonchev–Trinajstić information content (AvgIpc) is 2.42. The molecule has 0 saturated heterocycles. The molecule has 0 bridgehead atoms. The second kappa shape index (κ2) is 5.63. The van der Waals surface area contributed by atoms with Crippen LogP contribution in [-0.4, -0.2) is 11.1 Å². The van der Waals surface area contributed by atoms with E-state index in [4.69, 9.17) is 0 Å². The maximum atomic E-state index is 13.2. The van der Waals surface area contributed by atoms with E-state index < -0.39 is 0 Å². The first kappa shape index (κ1) is 13.1. The highest BCUT2D eigenvalue weighted by atomic mass is 19.1. The van der Waals surface area contributed by atoms with Crippen LogP contribution in [0.2, 0.25) is 0 Å². The molecule has 0 heterocycles. The minimum absolute atomic E-state index is 0.0449. The third kappa shape index (κ3) is 2.68. The molecule has 1 fully saturated rings. The molecule has 3 heteroatoms. The van der Waals surface area contributed by atoms with Crippen molar-refractivity contribution in [2.75, 3.05) is 5.32 Å². The summed E-state index contributed by atoms with van der Waals surface area (Å²) in [7, 11) is 0. The number of aliphatic hydroxyl groups is 1. The fraction of sp³-hybridized carbons (Fsp3) is 0.294. The number of hydrogen-bond donors (Lipinski definition) is 2. The number of benzene rings is 2. The molecule has 104 valence electrons. The van der Waals surface area contributed by atoms with Crippen LogP contribution in [0.3, 0.4) is 0 Å². The second-order valence-electron chi connectivity index (χ2n) is 5.38. The van der Waals surface area contributed by atoms with Crippen LogP contribution >= 0.6 is 0 Å². The van der Waals surface area contributed by atoms with Gasteiger partial charge in [-0.3, -0.25) is 0 Å². The van der Waals surface area contributed by atoms with E-state index in [1.165, 1.54) is 6.07 Å². The summed E-state index contributed by atoms with van der Waals surface area (Å²) in [5.74, 6) is 0.272. The van der Waals surface area contributed by atoms with Crippen LogP contribution in [0.25, 0.3) is 0 Å². The zero-order valence-electron chi connectivity index (χ0n) is 11.2. The maximum Gasteiger partial charge on any atom is 0.123 e. The Hall–Kier alpha value is -1.87. The number of para-hydroxylation sites is 1. The lowest BCUT2D eigenvalue weighted by molar-refractivity contribution is 0.282. The number of nitrogens with one attached hydrogen (secondary N) is 1. The normalized spacial score (nSPS) is 21.3. The van der Waals surface area contributed by atoms with Crippen LogP contribution in [0.5, 0.6) is 0 Å². The molecule has 1 aliphatic carbocycles. The van der Waals surface area contributed by atoms with Crippen molar-refractivity contribution in [2.45, 2.75) is 31.4 Å². The minimum Gasteiger partial charge on any atom is -0.392 e. The second-order valence-corrected chi connectivity index (χ2v) is 5.38. The number of rotatable bonds is 4. The van der Waals surface area contributed by atoms with Crippen LogP contribution in [0.4, 0.5) is 10.1 Å². The van der Waals surface area contributed by atoms with Gasteiger partial charge in [-0.15, -0.1) is 0 Å². The average molecular weight is 271 g/mol. The topological polar surface area (TPSA) is 32.3 Å². The summed E-state index contributed by atoms with van der Waals surface area (Å²) >= 11 is 0. The molecule has 1 aliphatic rings. The van der Waals surface area contributed by atoms with Gasteiger partial charge < -0.3 is 10.4 Å². The van der Waals surface area contributed by atoms with Crippen LogP contribution in [0.1, 0.15) is 29.9 Å². The largest absolute Gasteiger partial charge is 0.392 e. The molecule has 0 spiro atoms. The van der Waals surface area contributed by atoms with E-state index in [1.54, 1.807) is 12.1 Å². The third-order valence-electron chi connectivity index (χ3n) is 4.01. The molecular formula is C17H18FNO. The van der Waals surface area contributed by atoms with E-state index in [2.05, 4.69) is 5.32 Å². The van der Waals surface area contributed by atoms with Gasteiger partial charge >= 0.3 is 0 Å². The third-order valence-corrected chi connectivity index (χ3v) is 4.01. The van der Waals surface area contributed by atoms with E-state index in [1.807, 2.05) is 30.3 Å². The Morgan fingerprint density at radius 2 is 1.90 bits per heavy atom. The van der Waals surface area contributed by atoms with E-state index in [-0.39, 0.29) is 12.4 Å². The Kier molecular flexibility index (Phi) is 3.70. The predicted octanol–water partition coefficient (Wildman–Crippen LogP) is 3.68. The molecule has 1 saturated carbocycles. The summed E-state index contributed by atoms with van der Waals surface area (Å²) in [5, 5.41) is 12.8. The molecule has 0 amide bonds. The SMILES string of the molecule is OCc1ccccc1NC1CC(c2cccc(F)c2)C1. The smallest absolute Gasteiger partial charge is 0.123 e. The highest BCUT2D eigenvalue weighted by Crippen LogP contribution is 2.39. The van der Waals surface area contributed by atoms with E-state index >= 15 is 0 Å². The summed E-state index contributed by atoms with van der Waals surface area (Å²) < 4.78 is 13.2. The Labute approximate surface area is 118 Å². The lowest BCUT2D eigenvalue weighted by atomic mass is 9.75. The Balaban J connectivity index is 1.61. The molecular weight excluding hydrogens is 253 g/mol. The first-order valence-electron chi connectivity index (χ1n) is 6.97. The van der Waals surface area contributed by atoms with Gasteiger partial charge in [-0.2, -0.15) is 0 Å². The van der Waals surface area contributed by atoms with Crippen LogP contribution in [0, 0.1) is 5.82 Å². The van der Waals surface area contributed by atoms with Crippen molar-refractivity contribution in [3.05, 3.63) is 65.5 Å². The van der Waals surface area contributed by atoms with Crippen LogP contribution in [0.15, 0.2) is 48.5 Å². The van der Waals surface area contributed by atoms with Crippen molar-refractivity contribution in [2.24, 2.45) is 0 Å². The van der Waals surface area contributed by atoms with Gasteiger partial charge in [0.25, 0.3) is 0 Å². The van der Waals surface area contributed by atoms with E-state index in [9.17, 15) is 9.50 Å². The predicted molar refractivity (Wildman–Crippen MR) is 78.2 cm³/mol. The van der Waals surface area contributed by atoms with Gasteiger partial charge in [0.1, 0.15) is 5.82 Å². The van der Waals surface area contributed by atoms with Gasteiger partial charge in [-0.25, -0.2) is 4.39 Å². The maximum absolute atomic E-state index is 13.2. The van der Waals surface area contributed by atoms with Crippen LogP contribution in [-0.2, 0) is 6.61 Å².